The summed E-state index contributed by atoms with van der Waals surface area (Å²) in [6, 6.07) is 7.99. The molecule has 8 heteroatoms. The summed E-state index contributed by atoms with van der Waals surface area (Å²) < 4.78 is 7.51. The van der Waals surface area contributed by atoms with E-state index in [4.69, 9.17) is 4.42 Å². The minimum Gasteiger partial charge on any atom is -0.419 e. The molecule has 1 atom stereocenters. The zero-order valence-electron chi connectivity index (χ0n) is 12.6. The maximum Gasteiger partial charge on any atom is 0.247 e. The fourth-order valence-corrected chi connectivity index (χ4v) is 2.78. The van der Waals surface area contributed by atoms with Crippen molar-refractivity contribution in [2.75, 3.05) is 0 Å². The first-order chi connectivity index (χ1) is 10.7. The number of aromatic nitrogens is 6. The van der Waals surface area contributed by atoms with Gasteiger partial charge in [0.1, 0.15) is 0 Å². The van der Waals surface area contributed by atoms with Gasteiger partial charge in [-0.3, -0.25) is 0 Å². The summed E-state index contributed by atoms with van der Waals surface area (Å²) >= 11 is 1.50. The summed E-state index contributed by atoms with van der Waals surface area (Å²) in [6.45, 7) is 6.75. The Kier molecular flexibility index (Phi) is 4.19. The summed E-state index contributed by atoms with van der Waals surface area (Å²) in [5.41, 5.74) is 2.11. The van der Waals surface area contributed by atoms with Crippen LogP contribution in [0, 0.1) is 6.92 Å². The van der Waals surface area contributed by atoms with Crippen molar-refractivity contribution < 1.29 is 4.42 Å². The van der Waals surface area contributed by atoms with E-state index in [0.29, 0.717) is 11.8 Å². The number of hydrogen-bond acceptors (Lipinski definition) is 7. The Bertz CT molecular complexity index is 751. The molecule has 0 spiro atoms. The number of hydrogen-bond donors (Lipinski definition) is 0. The minimum absolute atomic E-state index is 0.0250. The molecule has 1 aromatic carbocycles. The summed E-state index contributed by atoms with van der Waals surface area (Å²) in [5, 5.41) is 20.6. The first kappa shape index (κ1) is 14.7. The lowest BCUT2D eigenvalue weighted by atomic mass is 10.1. The SMILES string of the molecule is CCn1nnnc1S[C@H](C)c1nnc(-c2ccc(C)cc2)o1. The van der Waals surface area contributed by atoms with Crippen LogP contribution in [0.1, 0.15) is 30.6 Å². The average molecular weight is 316 g/mol. The van der Waals surface area contributed by atoms with Gasteiger partial charge in [-0.25, -0.2) is 4.68 Å². The lowest BCUT2D eigenvalue weighted by Crippen LogP contribution is -2.00. The van der Waals surface area contributed by atoms with Gasteiger partial charge in [0.15, 0.2) is 0 Å². The molecule has 2 aromatic heterocycles. The lowest BCUT2D eigenvalue weighted by Gasteiger charge is -2.05. The molecule has 3 rings (SSSR count). The normalized spacial score (nSPS) is 12.5. The van der Waals surface area contributed by atoms with Crippen molar-refractivity contribution in [3.63, 3.8) is 0 Å². The molecule has 0 amide bonds. The van der Waals surface area contributed by atoms with Crippen molar-refractivity contribution in [1.29, 1.82) is 0 Å². The quantitative estimate of drug-likeness (QED) is 0.669. The first-order valence-electron chi connectivity index (χ1n) is 7.00. The zero-order chi connectivity index (χ0) is 15.5. The van der Waals surface area contributed by atoms with Crippen LogP contribution in [0.3, 0.4) is 0 Å². The molecule has 0 aliphatic rings. The molecule has 22 heavy (non-hydrogen) atoms. The van der Waals surface area contributed by atoms with Crippen molar-refractivity contribution in [3.8, 4) is 11.5 Å². The van der Waals surface area contributed by atoms with Gasteiger partial charge in [0.2, 0.25) is 16.9 Å². The highest BCUT2D eigenvalue weighted by Gasteiger charge is 2.19. The lowest BCUT2D eigenvalue weighted by molar-refractivity contribution is 0.508. The van der Waals surface area contributed by atoms with E-state index in [1.54, 1.807) is 4.68 Å². The van der Waals surface area contributed by atoms with Crippen LogP contribution in [0.2, 0.25) is 0 Å². The second-order valence-corrected chi connectivity index (χ2v) is 6.16. The Morgan fingerprint density at radius 3 is 2.68 bits per heavy atom. The highest BCUT2D eigenvalue weighted by Crippen LogP contribution is 2.33. The predicted octanol–water partition coefficient (Wildman–Crippen LogP) is 2.90. The van der Waals surface area contributed by atoms with Crippen LogP contribution in [0.5, 0.6) is 0 Å². The molecule has 0 bridgehead atoms. The summed E-state index contributed by atoms with van der Waals surface area (Å²) in [4.78, 5) is 0. The van der Waals surface area contributed by atoms with Crippen molar-refractivity contribution in [2.45, 2.75) is 37.7 Å². The van der Waals surface area contributed by atoms with Crippen LogP contribution in [-0.4, -0.2) is 30.4 Å². The van der Waals surface area contributed by atoms with Gasteiger partial charge in [0, 0.05) is 12.1 Å². The largest absolute Gasteiger partial charge is 0.419 e. The van der Waals surface area contributed by atoms with Crippen molar-refractivity contribution in [2.24, 2.45) is 0 Å². The van der Waals surface area contributed by atoms with Gasteiger partial charge >= 0.3 is 0 Å². The van der Waals surface area contributed by atoms with E-state index in [9.17, 15) is 0 Å². The standard InChI is InChI=1S/C14H16N6OS/c1-4-20-14(17-18-19-20)22-10(3)12-15-16-13(21-12)11-7-5-9(2)6-8-11/h5-8,10H,4H2,1-3H3/t10-/m1/s1. The molecule has 0 unspecified atom stereocenters. The van der Waals surface area contributed by atoms with E-state index in [1.807, 2.05) is 45.0 Å². The van der Waals surface area contributed by atoms with Crippen LogP contribution in [0.15, 0.2) is 33.8 Å². The second kappa shape index (κ2) is 6.27. The summed E-state index contributed by atoms with van der Waals surface area (Å²) in [5.74, 6) is 1.09. The van der Waals surface area contributed by atoms with Gasteiger partial charge in [-0.05, 0) is 43.3 Å². The van der Waals surface area contributed by atoms with E-state index in [2.05, 4.69) is 25.7 Å². The van der Waals surface area contributed by atoms with Crippen molar-refractivity contribution in [3.05, 3.63) is 35.7 Å². The summed E-state index contributed by atoms with van der Waals surface area (Å²) in [7, 11) is 0. The monoisotopic (exact) mass is 316 g/mol. The molecular formula is C14H16N6OS. The number of aryl methyl sites for hydroxylation is 2. The van der Waals surface area contributed by atoms with Gasteiger partial charge in [-0.1, -0.05) is 29.5 Å². The number of benzene rings is 1. The predicted molar refractivity (Wildman–Crippen MR) is 82.2 cm³/mol. The fraction of sp³-hybridized carbons (Fsp3) is 0.357. The second-order valence-electron chi connectivity index (χ2n) is 4.85. The van der Waals surface area contributed by atoms with E-state index in [0.717, 1.165) is 17.3 Å². The first-order valence-corrected chi connectivity index (χ1v) is 7.88. The summed E-state index contributed by atoms with van der Waals surface area (Å²) in [6.07, 6.45) is 0. The third kappa shape index (κ3) is 3.01. The molecule has 0 radical (unpaired) electrons. The third-order valence-electron chi connectivity index (χ3n) is 3.17. The maximum absolute atomic E-state index is 5.77. The highest BCUT2D eigenvalue weighted by atomic mass is 32.2. The van der Waals surface area contributed by atoms with Crippen molar-refractivity contribution in [1.82, 2.24) is 30.4 Å². The van der Waals surface area contributed by atoms with Crippen LogP contribution in [-0.2, 0) is 6.54 Å². The van der Waals surface area contributed by atoms with Gasteiger partial charge in [0.05, 0.1) is 5.25 Å². The van der Waals surface area contributed by atoms with Gasteiger partial charge in [-0.2, -0.15) is 0 Å². The molecular weight excluding hydrogens is 300 g/mol. The molecule has 0 saturated carbocycles. The highest BCUT2D eigenvalue weighted by molar-refractivity contribution is 7.99. The van der Waals surface area contributed by atoms with Crippen molar-refractivity contribution >= 4 is 11.8 Å². The van der Waals surface area contributed by atoms with E-state index < -0.39 is 0 Å². The Morgan fingerprint density at radius 1 is 1.18 bits per heavy atom. The molecule has 0 N–H and O–H groups in total. The number of tetrazole rings is 1. The smallest absolute Gasteiger partial charge is 0.247 e. The minimum atomic E-state index is -0.0250. The molecule has 3 aromatic rings. The topological polar surface area (TPSA) is 82.5 Å². The van der Waals surface area contributed by atoms with Crippen LogP contribution in [0.25, 0.3) is 11.5 Å². The number of nitrogens with zero attached hydrogens (tertiary/aromatic N) is 6. The Labute approximate surface area is 132 Å². The Morgan fingerprint density at radius 2 is 1.95 bits per heavy atom. The molecule has 0 aliphatic carbocycles. The van der Waals surface area contributed by atoms with Gasteiger partial charge in [-0.15, -0.1) is 15.3 Å². The molecule has 0 fully saturated rings. The fourth-order valence-electron chi connectivity index (χ4n) is 1.90. The third-order valence-corrected chi connectivity index (χ3v) is 4.23. The van der Waals surface area contributed by atoms with Crippen LogP contribution < -0.4 is 0 Å². The van der Waals surface area contributed by atoms with Gasteiger partial charge in [0.25, 0.3) is 0 Å². The Hall–Kier alpha value is -2.22. The molecule has 7 nitrogen and oxygen atoms in total. The molecule has 2 heterocycles. The van der Waals surface area contributed by atoms with E-state index in [-0.39, 0.29) is 5.25 Å². The molecule has 114 valence electrons. The van der Waals surface area contributed by atoms with E-state index in [1.165, 1.54) is 17.3 Å². The molecule has 0 aliphatic heterocycles. The van der Waals surface area contributed by atoms with E-state index >= 15 is 0 Å². The number of thioether (sulfide) groups is 1. The molecule has 0 saturated heterocycles. The van der Waals surface area contributed by atoms with Crippen LogP contribution >= 0.6 is 11.8 Å². The van der Waals surface area contributed by atoms with Crippen LogP contribution in [0.4, 0.5) is 0 Å². The Balaban J connectivity index is 1.77. The van der Waals surface area contributed by atoms with Gasteiger partial charge < -0.3 is 4.42 Å². The maximum atomic E-state index is 5.77. The zero-order valence-corrected chi connectivity index (χ0v) is 13.4. The number of rotatable bonds is 5. The average Bonchev–Trinajstić information content (AvgIpc) is 3.16.